The van der Waals surface area contributed by atoms with Gasteiger partial charge in [-0.05, 0) is 71.6 Å². The van der Waals surface area contributed by atoms with Crippen LogP contribution in [0.5, 0.6) is 17.2 Å². The molecule has 0 atom stereocenters. The Balaban J connectivity index is 1.66. The minimum absolute atomic E-state index is 0.283. The number of allylic oxidation sites excluding steroid dienone is 1. The minimum atomic E-state index is 0.283. The Morgan fingerprint density at radius 1 is 0.788 bits per heavy atom. The van der Waals surface area contributed by atoms with E-state index in [-0.39, 0.29) is 6.79 Å². The lowest BCUT2D eigenvalue weighted by Crippen LogP contribution is -2.27. The first-order chi connectivity index (χ1) is 16.2. The second-order valence-electron chi connectivity index (χ2n) is 8.04. The molecule has 1 aliphatic heterocycles. The third-order valence-electron chi connectivity index (χ3n) is 6.15. The van der Waals surface area contributed by atoms with E-state index in [9.17, 15) is 0 Å². The molecular formula is C29H33NO3. The van der Waals surface area contributed by atoms with E-state index in [0.717, 1.165) is 48.9 Å². The van der Waals surface area contributed by atoms with Gasteiger partial charge in [0.1, 0.15) is 12.4 Å². The SMILES string of the molecule is CCC(=C(c1ccccc1)c1ccc(OCCN(CC)CC)cc1)c1ccc2c(c1)OCO2. The lowest BCUT2D eigenvalue weighted by molar-refractivity contribution is 0.174. The Kier molecular flexibility index (Phi) is 7.69. The number of fused-ring (bicyclic) bond motifs is 1. The maximum atomic E-state index is 6.01. The molecule has 0 N–H and O–H groups in total. The summed E-state index contributed by atoms with van der Waals surface area (Å²) >= 11 is 0. The van der Waals surface area contributed by atoms with E-state index in [1.165, 1.54) is 22.3 Å². The first-order valence-electron chi connectivity index (χ1n) is 11.9. The molecule has 3 aromatic carbocycles. The summed E-state index contributed by atoms with van der Waals surface area (Å²) in [5, 5.41) is 0. The van der Waals surface area contributed by atoms with Crippen LogP contribution in [0.1, 0.15) is 43.9 Å². The molecule has 0 radical (unpaired) electrons. The molecule has 4 nitrogen and oxygen atoms in total. The van der Waals surface area contributed by atoms with Gasteiger partial charge in [0, 0.05) is 6.54 Å². The van der Waals surface area contributed by atoms with Crippen LogP contribution in [0.4, 0.5) is 0 Å². The molecule has 4 rings (SSSR count). The van der Waals surface area contributed by atoms with Crippen LogP contribution in [0.2, 0.25) is 0 Å². The third-order valence-corrected chi connectivity index (χ3v) is 6.15. The molecule has 4 heteroatoms. The summed E-state index contributed by atoms with van der Waals surface area (Å²) < 4.78 is 17.2. The van der Waals surface area contributed by atoms with E-state index in [0.29, 0.717) is 6.61 Å². The Hall–Kier alpha value is -3.24. The monoisotopic (exact) mass is 443 g/mol. The lowest BCUT2D eigenvalue weighted by Gasteiger charge is -2.19. The Bertz CT molecular complexity index is 1070. The molecule has 0 unspecified atom stereocenters. The maximum absolute atomic E-state index is 6.01. The number of ether oxygens (including phenoxy) is 3. The number of nitrogens with zero attached hydrogens (tertiary/aromatic N) is 1. The molecular weight excluding hydrogens is 410 g/mol. The average Bonchev–Trinajstić information content (AvgIpc) is 3.34. The van der Waals surface area contributed by atoms with Gasteiger partial charge in [0.15, 0.2) is 11.5 Å². The predicted octanol–water partition coefficient (Wildman–Crippen LogP) is 6.51. The van der Waals surface area contributed by atoms with E-state index in [4.69, 9.17) is 14.2 Å². The quantitative estimate of drug-likeness (QED) is 0.335. The van der Waals surface area contributed by atoms with Crippen molar-refractivity contribution in [3.8, 4) is 17.2 Å². The zero-order valence-corrected chi connectivity index (χ0v) is 19.8. The molecule has 0 aliphatic carbocycles. The van der Waals surface area contributed by atoms with Gasteiger partial charge in [-0.3, -0.25) is 0 Å². The second-order valence-corrected chi connectivity index (χ2v) is 8.04. The lowest BCUT2D eigenvalue weighted by atomic mass is 9.88. The van der Waals surface area contributed by atoms with Gasteiger partial charge in [-0.1, -0.05) is 69.3 Å². The molecule has 0 fully saturated rings. The summed E-state index contributed by atoms with van der Waals surface area (Å²) in [6, 6.07) is 25.3. The highest BCUT2D eigenvalue weighted by atomic mass is 16.7. The molecule has 0 saturated carbocycles. The average molecular weight is 444 g/mol. The minimum Gasteiger partial charge on any atom is -0.492 e. The van der Waals surface area contributed by atoms with Gasteiger partial charge in [0.05, 0.1) is 0 Å². The fraction of sp³-hybridized carbons (Fsp3) is 0.310. The van der Waals surface area contributed by atoms with Crippen molar-refractivity contribution in [3.05, 3.63) is 89.5 Å². The van der Waals surface area contributed by atoms with Crippen molar-refractivity contribution in [2.24, 2.45) is 0 Å². The number of rotatable bonds is 10. The summed E-state index contributed by atoms with van der Waals surface area (Å²) in [6.07, 6.45) is 0.895. The summed E-state index contributed by atoms with van der Waals surface area (Å²) in [5.41, 5.74) is 6.02. The zero-order valence-electron chi connectivity index (χ0n) is 19.8. The van der Waals surface area contributed by atoms with Crippen LogP contribution in [0.15, 0.2) is 72.8 Å². The van der Waals surface area contributed by atoms with E-state index in [1.807, 2.05) is 6.07 Å². The third kappa shape index (κ3) is 5.40. The van der Waals surface area contributed by atoms with Crippen molar-refractivity contribution in [2.75, 3.05) is 33.0 Å². The van der Waals surface area contributed by atoms with Crippen molar-refractivity contribution in [2.45, 2.75) is 27.2 Å². The smallest absolute Gasteiger partial charge is 0.231 e. The molecule has 0 spiro atoms. The van der Waals surface area contributed by atoms with Crippen molar-refractivity contribution in [1.82, 2.24) is 4.90 Å². The zero-order chi connectivity index (χ0) is 23.0. The summed E-state index contributed by atoms with van der Waals surface area (Å²) in [4.78, 5) is 2.36. The highest BCUT2D eigenvalue weighted by molar-refractivity contribution is 5.98. The van der Waals surface area contributed by atoms with Crippen molar-refractivity contribution in [1.29, 1.82) is 0 Å². The van der Waals surface area contributed by atoms with E-state index in [1.54, 1.807) is 0 Å². The van der Waals surface area contributed by atoms with Gasteiger partial charge in [-0.2, -0.15) is 0 Å². The van der Waals surface area contributed by atoms with E-state index in [2.05, 4.69) is 92.4 Å². The van der Waals surface area contributed by atoms with E-state index < -0.39 is 0 Å². The second kappa shape index (κ2) is 11.1. The highest BCUT2D eigenvalue weighted by Crippen LogP contribution is 2.39. The summed E-state index contributed by atoms with van der Waals surface area (Å²) in [6.45, 7) is 10.6. The molecule has 0 bridgehead atoms. The van der Waals surface area contributed by atoms with Crippen LogP contribution in [-0.4, -0.2) is 37.9 Å². The van der Waals surface area contributed by atoms with Crippen LogP contribution >= 0.6 is 0 Å². The number of likely N-dealkylation sites (N-methyl/N-ethyl adjacent to an activating group) is 1. The highest BCUT2D eigenvalue weighted by Gasteiger charge is 2.18. The Morgan fingerprint density at radius 2 is 1.45 bits per heavy atom. The first kappa shape index (κ1) is 22.9. The standard InChI is InChI=1S/C29H33NO3/c1-4-26(24-14-17-27-28(20-24)33-21-32-27)29(22-10-8-7-9-11-22)23-12-15-25(16-13-23)31-19-18-30(5-2)6-3/h7-17,20H,4-6,18-19,21H2,1-3H3. The molecule has 1 heterocycles. The van der Waals surface area contributed by atoms with E-state index >= 15 is 0 Å². The van der Waals surface area contributed by atoms with Gasteiger partial charge in [0.25, 0.3) is 0 Å². The fourth-order valence-electron chi connectivity index (χ4n) is 4.28. The molecule has 3 aromatic rings. The van der Waals surface area contributed by atoms with Crippen LogP contribution in [0.25, 0.3) is 11.1 Å². The van der Waals surface area contributed by atoms with Gasteiger partial charge < -0.3 is 19.1 Å². The predicted molar refractivity (Wildman–Crippen MR) is 135 cm³/mol. The number of hydrogen-bond donors (Lipinski definition) is 0. The molecule has 1 aliphatic rings. The molecule has 0 amide bonds. The fourth-order valence-corrected chi connectivity index (χ4v) is 4.28. The van der Waals surface area contributed by atoms with Gasteiger partial charge in [-0.15, -0.1) is 0 Å². The van der Waals surface area contributed by atoms with Crippen molar-refractivity contribution < 1.29 is 14.2 Å². The molecule has 0 aromatic heterocycles. The molecule has 0 saturated heterocycles. The molecule has 172 valence electrons. The first-order valence-corrected chi connectivity index (χ1v) is 11.9. The van der Waals surface area contributed by atoms with Crippen molar-refractivity contribution >= 4 is 11.1 Å². The largest absolute Gasteiger partial charge is 0.492 e. The number of hydrogen-bond acceptors (Lipinski definition) is 4. The van der Waals surface area contributed by atoms with Crippen LogP contribution in [0.3, 0.4) is 0 Å². The normalized spacial score (nSPS) is 13.2. The van der Waals surface area contributed by atoms with Crippen LogP contribution < -0.4 is 14.2 Å². The maximum Gasteiger partial charge on any atom is 0.231 e. The molecule has 33 heavy (non-hydrogen) atoms. The topological polar surface area (TPSA) is 30.9 Å². The Labute approximate surface area is 197 Å². The summed E-state index contributed by atoms with van der Waals surface area (Å²) in [7, 11) is 0. The van der Waals surface area contributed by atoms with Gasteiger partial charge in [-0.25, -0.2) is 0 Å². The van der Waals surface area contributed by atoms with Crippen LogP contribution in [0, 0.1) is 0 Å². The number of benzene rings is 3. The van der Waals surface area contributed by atoms with Crippen LogP contribution in [-0.2, 0) is 0 Å². The van der Waals surface area contributed by atoms with Gasteiger partial charge >= 0.3 is 0 Å². The van der Waals surface area contributed by atoms with Crippen molar-refractivity contribution in [3.63, 3.8) is 0 Å². The van der Waals surface area contributed by atoms with Gasteiger partial charge in [0.2, 0.25) is 6.79 Å². The summed E-state index contributed by atoms with van der Waals surface area (Å²) in [5.74, 6) is 2.52. The Morgan fingerprint density at radius 3 is 2.15 bits per heavy atom.